The fraction of sp³-hybridized carbons (Fsp3) is 0.143. The van der Waals surface area contributed by atoms with Crippen molar-refractivity contribution >= 4 is 17.5 Å². The molecule has 8 heteroatoms. The molecule has 0 fully saturated rings. The highest BCUT2D eigenvalue weighted by Gasteiger charge is 2.31. The van der Waals surface area contributed by atoms with E-state index in [9.17, 15) is 18.0 Å². The molecule has 1 aromatic carbocycles. The largest absolute Gasteiger partial charge is 0.438 e. The van der Waals surface area contributed by atoms with Crippen LogP contribution in [0.3, 0.4) is 0 Å². The zero-order valence-corrected chi connectivity index (χ0v) is 11.8. The Balaban J connectivity index is 2.15. The number of halogens is 4. The predicted octanol–water partition coefficient (Wildman–Crippen LogP) is 3.57. The Hall–Kier alpha value is -2.28. The molecule has 2 N–H and O–H groups in total. The van der Waals surface area contributed by atoms with E-state index in [4.69, 9.17) is 22.1 Å². The Morgan fingerprint density at radius 3 is 2.41 bits per heavy atom. The molecule has 1 amide bonds. The van der Waals surface area contributed by atoms with Gasteiger partial charge in [0.15, 0.2) is 0 Å². The van der Waals surface area contributed by atoms with Gasteiger partial charge in [0.25, 0.3) is 0 Å². The molecule has 0 aliphatic carbocycles. The smallest absolute Gasteiger partial charge is 0.417 e. The second-order valence-electron chi connectivity index (χ2n) is 4.40. The molecule has 0 aliphatic rings. The summed E-state index contributed by atoms with van der Waals surface area (Å²) in [6, 6.07) is 7.03. The summed E-state index contributed by atoms with van der Waals surface area (Å²) < 4.78 is 42.8. The van der Waals surface area contributed by atoms with E-state index in [1.54, 1.807) is 12.1 Å². The minimum absolute atomic E-state index is 0.0829. The fourth-order valence-electron chi connectivity index (χ4n) is 1.64. The van der Waals surface area contributed by atoms with Crippen molar-refractivity contribution in [3.63, 3.8) is 0 Å². The molecule has 0 atom stereocenters. The first kappa shape index (κ1) is 16.1. The van der Waals surface area contributed by atoms with Crippen LogP contribution >= 0.6 is 11.6 Å². The van der Waals surface area contributed by atoms with Crippen molar-refractivity contribution < 1.29 is 22.7 Å². The van der Waals surface area contributed by atoms with E-state index in [2.05, 4.69) is 4.98 Å². The molecule has 0 radical (unpaired) electrons. The van der Waals surface area contributed by atoms with Gasteiger partial charge in [0.1, 0.15) is 10.8 Å². The highest BCUT2D eigenvalue weighted by Crippen LogP contribution is 2.34. The van der Waals surface area contributed by atoms with Crippen LogP contribution in [0.25, 0.3) is 0 Å². The normalized spacial score (nSPS) is 11.3. The third kappa shape index (κ3) is 4.11. The number of benzene rings is 1. The number of pyridine rings is 1. The summed E-state index contributed by atoms with van der Waals surface area (Å²) in [4.78, 5) is 14.3. The van der Waals surface area contributed by atoms with Gasteiger partial charge >= 0.3 is 6.18 Å². The van der Waals surface area contributed by atoms with Gasteiger partial charge in [0.2, 0.25) is 11.8 Å². The number of hydrogen-bond acceptors (Lipinski definition) is 3. The molecule has 1 aromatic heterocycles. The van der Waals surface area contributed by atoms with Crippen LogP contribution < -0.4 is 10.5 Å². The molecule has 0 aliphatic heterocycles. The van der Waals surface area contributed by atoms with Gasteiger partial charge < -0.3 is 10.5 Å². The van der Waals surface area contributed by atoms with Crippen molar-refractivity contribution in [2.75, 3.05) is 0 Å². The Morgan fingerprint density at radius 2 is 1.91 bits per heavy atom. The highest BCUT2D eigenvalue weighted by molar-refractivity contribution is 6.31. The van der Waals surface area contributed by atoms with E-state index in [1.807, 2.05) is 0 Å². The number of ether oxygens (including phenoxy) is 1. The summed E-state index contributed by atoms with van der Waals surface area (Å²) in [5, 5.41) is -0.254. The lowest BCUT2D eigenvalue weighted by Gasteiger charge is -2.10. The Kier molecular flexibility index (Phi) is 4.56. The number of nitrogens with zero attached hydrogens (tertiary/aromatic N) is 1. The average molecular weight is 331 g/mol. The molecule has 4 nitrogen and oxygen atoms in total. The van der Waals surface area contributed by atoms with Crippen molar-refractivity contribution in [2.24, 2.45) is 5.73 Å². The van der Waals surface area contributed by atoms with Crippen molar-refractivity contribution in [3.8, 4) is 11.6 Å². The number of alkyl halides is 3. The van der Waals surface area contributed by atoms with Crippen LogP contribution in [0.15, 0.2) is 36.5 Å². The number of carbonyl (C=O) groups excluding carboxylic acids is 1. The standard InChI is InChI=1S/C14H10ClF3N2O2/c15-11-6-9(14(16,17)18)7-20-13(11)22-10-3-1-8(2-4-10)5-12(19)21/h1-4,6-7H,5H2,(H2,19,21). The maximum atomic E-state index is 12.5. The van der Waals surface area contributed by atoms with Crippen LogP contribution in [0.5, 0.6) is 11.6 Å². The Bertz CT molecular complexity index is 687. The highest BCUT2D eigenvalue weighted by atomic mass is 35.5. The topological polar surface area (TPSA) is 65.2 Å². The van der Waals surface area contributed by atoms with Gasteiger partial charge in [-0.3, -0.25) is 4.79 Å². The third-order valence-corrected chi connectivity index (χ3v) is 2.92. The lowest BCUT2D eigenvalue weighted by molar-refractivity contribution is -0.137. The second kappa shape index (κ2) is 6.23. The lowest BCUT2D eigenvalue weighted by Crippen LogP contribution is -2.13. The lowest BCUT2D eigenvalue weighted by atomic mass is 10.1. The maximum Gasteiger partial charge on any atom is 0.417 e. The molecule has 22 heavy (non-hydrogen) atoms. The van der Waals surface area contributed by atoms with E-state index < -0.39 is 17.6 Å². The minimum Gasteiger partial charge on any atom is -0.438 e. The van der Waals surface area contributed by atoms with Gasteiger partial charge in [0.05, 0.1) is 12.0 Å². The van der Waals surface area contributed by atoms with E-state index in [0.29, 0.717) is 17.5 Å². The number of carbonyl (C=O) groups is 1. The average Bonchev–Trinajstić information content (AvgIpc) is 2.41. The first-order valence-electron chi connectivity index (χ1n) is 6.03. The van der Waals surface area contributed by atoms with Crippen molar-refractivity contribution in [2.45, 2.75) is 12.6 Å². The van der Waals surface area contributed by atoms with E-state index in [-0.39, 0.29) is 17.3 Å². The van der Waals surface area contributed by atoms with Crippen molar-refractivity contribution in [3.05, 3.63) is 52.7 Å². The minimum atomic E-state index is -4.52. The summed E-state index contributed by atoms with van der Waals surface area (Å²) in [5.74, 6) is -0.291. The zero-order chi connectivity index (χ0) is 16.3. The molecule has 0 unspecified atom stereocenters. The molecule has 1 heterocycles. The van der Waals surface area contributed by atoms with Crippen LogP contribution in [0.1, 0.15) is 11.1 Å². The number of primary amides is 1. The van der Waals surface area contributed by atoms with E-state index in [1.165, 1.54) is 12.1 Å². The number of nitrogens with two attached hydrogens (primary N) is 1. The number of hydrogen-bond donors (Lipinski definition) is 1. The van der Waals surface area contributed by atoms with Gasteiger partial charge in [-0.25, -0.2) is 4.98 Å². The van der Waals surface area contributed by atoms with Crippen LogP contribution in [-0.4, -0.2) is 10.9 Å². The zero-order valence-electron chi connectivity index (χ0n) is 11.0. The molecule has 0 bridgehead atoms. The van der Waals surface area contributed by atoms with E-state index in [0.717, 1.165) is 6.07 Å². The van der Waals surface area contributed by atoms with Crippen molar-refractivity contribution in [1.82, 2.24) is 4.98 Å². The van der Waals surface area contributed by atoms with Gasteiger partial charge in [-0.05, 0) is 23.8 Å². The van der Waals surface area contributed by atoms with Gasteiger partial charge in [0, 0.05) is 6.20 Å². The maximum absolute atomic E-state index is 12.5. The Labute approximate surface area is 128 Å². The van der Waals surface area contributed by atoms with Crippen LogP contribution in [0.4, 0.5) is 13.2 Å². The van der Waals surface area contributed by atoms with Crippen molar-refractivity contribution in [1.29, 1.82) is 0 Å². The summed E-state index contributed by atoms with van der Waals surface area (Å²) in [6.07, 6.45) is -3.80. The molecule has 2 rings (SSSR count). The Morgan fingerprint density at radius 1 is 1.27 bits per heavy atom. The first-order chi connectivity index (χ1) is 10.3. The van der Waals surface area contributed by atoms with Gasteiger partial charge in [-0.15, -0.1) is 0 Å². The van der Waals surface area contributed by atoms with E-state index >= 15 is 0 Å². The molecule has 0 saturated carbocycles. The molecular formula is C14H10ClF3N2O2. The summed E-state index contributed by atoms with van der Waals surface area (Å²) in [6.45, 7) is 0. The monoisotopic (exact) mass is 330 g/mol. The summed E-state index contributed by atoms with van der Waals surface area (Å²) in [7, 11) is 0. The summed E-state index contributed by atoms with van der Waals surface area (Å²) in [5.41, 5.74) is 4.80. The molecule has 2 aromatic rings. The molecule has 0 spiro atoms. The second-order valence-corrected chi connectivity index (χ2v) is 4.81. The third-order valence-electron chi connectivity index (χ3n) is 2.65. The molecular weight excluding hydrogens is 321 g/mol. The SMILES string of the molecule is NC(=O)Cc1ccc(Oc2ncc(C(F)(F)F)cc2Cl)cc1. The predicted molar refractivity (Wildman–Crippen MR) is 73.7 cm³/mol. The number of rotatable bonds is 4. The fourth-order valence-corrected chi connectivity index (χ4v) is 1.85. The molecule has 0 saturated heterocycles. The van der Waals surface area contributed by atoms with Crippen LogP contribution in [0.2, 0.25) is 5.02 Å². The number of aromatic nitrogens is 1. The number of amides is 1. The molecule has 116 valence electrons. The van der Waals surface area contributed by atoms with Crippen LogP contribution in [0, 0.1) is 0 Å². The van der Waals surface area contributed by atoms with Crippen LogP contribution in [-0.2, 0) is 17.4 Å². The quantitative estimate of drug-likeness (QED) is 0.932. The van der Waals surface area contributed by atoms with Gasteiger partial charge in [-0.2, -0.15) is 13.2 Å². The summed E-state index contributed by atoms with van der Waals surface area (Å²) >= 11 is 5.74. The van der Waals surface area contributed by atoms with Gasteiger partial charge in [-0.1, -0.05) is 23.7 Å². The first-order valence-corrected chi connectivity index (χ1v) is 6.41.